The van der Waals surface area contributed by atoms with E-state index in [1.165, 1.54) is 200 Å². The zero-order valence-corrected chi connectivity index (χ0v) is 55.4. The molecular formula is C65H135N11. The number of rotatable bonds is 2. The molecule has 6 fully saturated rings. The summed E-state index contributed by atoms with van der Waals surface area (Å²) < 4.78 is 0. The lowest BCUT2D eigenvalue weighted by Crippen LogP contribution is -2.52. The highest BCUT2D eigenvalue weighted by molar-refractivity contribution is 5.15. The number of fused-ring (bicyclic) bond motifs is 1. The van der Waals surface area contributed by atoms with Gasteiger partial charge in [0.15, 0.2) is 0 Å². The van der Waals surface area contributed by atoms with Crippen LogP contribution in [0.2, 0.25) is 0 Å². The first-order valence-corrected chi connectivity index (χ1v) is 31.9. The minimum Gasteiger partial charge on any atom is -0.347 e. The van der Waals surface area contributed by atoms with Crippen LogP contribution in [0.1, 0.15) is 233 Å². The predicted octanol–water partition coefficient (Wildman–Crippen LogP) is 13.0. The number of piperazine rings is 1. The first kappa shape index (κ1) is 71.0. The summed E-state index contributed by atoms with van der Waals surface area (Å²) in [6, 6.07) is 1.49. The lowest BCUT2D eigenvalue weighted by atomic mass is 9.95. The maximum Gasteiger partial charge on any atom is 0.0925 e. The van der Waals surface area contributed by atoms with E-state index in [1.807, 2.05) is 0 Å². The SMILES string of the molecule is CC(C)(C)N1CCCCC1.CC(C)(C)N1CCCCC1.CC(C)(C)N1CCc2nc[nH]c2C1.CC(C)N1CCCCCC1.CC(C)N1CCCN(C)CC1.CC1CCN(C(C)(C)C)CC1.CN1CCN(C(C)(C)C)CC1. The van der Waals surface area contributed by atoms with E-state index in [0.29, 0.717) is 22.2 Å². The highest BCUT2D eigenvalue weighted by atomic mass is 15.3. The van der Waals surface area contributed by atoms with Crippen molar-refractivity contribution >= 4 is 0 Å². The maximum atomic E-state index is 4.29. The Labute approximate surface area is 475 Å². The maximum absolute atomic E-state index is 4.29. The molecule has 450 valence electrons. The van der Waals surface area contributed by atoms with Crippen molar-refractivity contribution in [3.8, 4) is 0 Å². The van der Waals surface area contributed by atoms with Gasteiger partial charge in [-0.1, -0.05) is 32.6 Å². The second-order valence-electron chi connectivity index (χ2n) is 29.7. The van der Waals surface area contributed by atoms with Crippen molar-refractivity contribution in [3.05, 3.63) is 17.7 Å². The van der Waals surface area contributed by atoms with Gasteiger partial charge in [0.25, 0.3) is 0 Å². The summed E-state index contributed by atoms with van der Waals surface area (Å²) in [4.78, 5) is 30.2. The monoisotopic (exact) mass is 1070 g/mol. The number of hydrogen-bond donors (Lipinski definition) is 1. The highest BCUT2D eigenvalue weighted by Gasteiger charge is 2.28. The fourth-order valence-corrected chi connectivity index (χ4v) is 11.3. The topological polar surface area (TPSA) is 57.8 Å². The zero-order chi connectivity index (χ0) is 57.3. The molecule has 6 saturated heterocycles. The second-order valence-corrected chi connectivity index (χ2v) is 29.7. The van der Waals surface area contributed by atoms with Gasteiger partial charge in [-0.2, -0.15) is 0 Å². The molecule has 1 aromatic heterocycles. The Kier molecular flexibility index (Phi) is 32.7. The van der Waals surface area contributed by atoms with Gasteiger partial charge in [-0.25, -0.2) is 4.98 Å². The van der Waals surface area contributed by atoms with E-state index in [4.69, 9.17) is 0 Å². The van der Waals surface area contributed by atoms with Gasteiger partial charge >= 0.3 is 0 Å². The predicted molar refractivity (Wildman–Crippen MR) is 335 cm³/mol. The van der Waals surface area contributed by atoms with E-state index in [-0.39, 0.29) is 5.54 Å². The van der Waals surface area contributed by atoms with Gasteiger partial charge < -0.3 is 19.7 Å². The van der Waals surface area contributed by atoms with Crippen molar-refractivity contribution in [2.24, 2.45) is 5.92 Å². The summed E-state index contributed by atoms with van der Waals surface area (Å²) in [7, 11) is 4.41. The summed E-state index contributed by atoms with van der Waals surface area (Å²) in [6.45, 7) is 68.5. The van der Waals surface area contributed by atoms with E-state index in [2.05, 4.69) is 207 Å². The van der Waals surface area contributed by atoms with Crippen molar-refractivity contribution in [1.29, 1.82) is 0 Å². The molecule has 8 heterocycles. The number of likely N-dealkylation sites (N-methyl/N-ethyl adjacent to an activating group) is 2. The van der Waals surface area contributed by atoms with E-state index in [0.717, 1.165) is 37.5 Å². The first-order valence-electron chi connectivity index (χ1n) is 31.9. The quantitative estimate of drug-likeness (QED) is 0.310. The van der Waals surface area contributed by atoms with Crippen LogP contribution in [0.3, 0.4) is 0 Å². The molecule has 0 unspecified atom stereocenters. The Hall–Kier alpha value is -1.15. The van der Waals surface area contributed by atoms with Crippen LogP contribution in [0.25, 0.3) is 0 Å². The molecule has 76 heavy (non-hydrogen) atoms. The number of nitrogens with zero attached hydrogens (tertiary/aromatic N) is 10. The van der Waals surface area contributed by atoms with Gasteiger partial charge in [0, 0.05) is 98.6 Å². The molecule has 1 N–H and O–H groups in total. The molecular weight excluding hydrogens is 935 g/mol. The fourth-order valence-electron chi connectivity index (χ4n) is 11.3. The number of aromatic nitrogens is 2. The number of likely N-dealkylation sites (tertiary alicyclic amines) is 4. The fraction of sp³-hybridized carbons (Fsp3) is 0.954. The molecule has 7 aliphatic rings. The first-order chi connectivity index (χ1) is 35.3. The normalized spacial score (nSPS) is 22.7. The van der Waals surface area contributed by atoms with Crippen molar-refractivity contribution < 1.29 is 0 Å². The molecule has 7 aliphatic heterocycles. The number of H-pyrrole nitrogens is 1. The smallest absolute Gasteiger partial charge is 0.0925 e. The third-order valence-electron chi connectivity index (χ3n) is 17.4. The van der Waals surface area contributed by atoms with Crippen molar-refractivity contribution in [2.75, 3.05) is 125 Å². The average molecular weight is 1070 g/mol. The summed E-state index contributed by atoms with van der Waals surface area (Å²) >= 11 is 0. The van der Waals surface area contributed by atoms with Crippen molar-refractivity contribution in [1.82, 2.24) is 54.1 Å². The molecule has 11 heteroatoms. The molecule has 1 aromatic rings. The summed E-state index contributed by atoms with van der Waals surface area (Å²) in [5.74, 6) is 0.952. The van der Waals surface area contributed by atoms with Gasteiger partial charge in [-0.3, -0.25) is 29.4 Å². The van der Waals surface area contributed by atoms with Crippen molar-refractivity contribution in [3.63, 3.8) is 0 Å². The molecule has 11 nitrogen and oxygen atoms in total. The summed E-state index contributed by atoms with van der Waals surface area (Å²) in [5, 5.41) is 0. The Morgan fingerprint density at radius 3 is 1.14 bits per heavy atom. The number of nitrogens with one attached hydrogen (secondary N) is 1. The van der Waals surface area contributed by atoms with Gasteiger partial charge in [0.2, 0.25) is 0 Å². The van der Waals surface area contributed by atoms with Gasteiger partial charge in [0.05, 0.1) is 17.7 Å². The molecule has 8 rings (SSSR count). The minimum absolute atomic E-state index is 0.267. The van der Waals surface area contributed by atoms with Gasteiger partial charge in [-0.05, 0) is 275 Å². The lowest BCUT2D eigenvalue weighted by molar-refractivity contribution is 0.0735. The summed E-state index contributed by atoms with van der Waals surface area (Å²) in [6.07, 6.45) is 21.2. The zero-order valence-electron chi connectivity index (χ0n) is 55.4. The van der Waals surface area contributed by atoms with Crippen LogP contribution < -0.4 is 0 Å². The number of hydrogen-bond acceptors (Lipinski definition) is 10. The minimum atomic E-state index is 0.267. The Morgan fingerprint density at radius 2 is 0.737 bits per heavy atom. The number of aromatic amines is 1. The van der Waals surface area contributed by atoms with E-state index in [9.17, 15) is 0 Å². The van der Waals surface area contributed by atoms with Crippen LogP contribution in [0.15, 0.2) is 6.33 Å². The molecule has 0 amide bonds. The van der Waals surface area contributed by atoms with E-state index < -0.39 is 0 Å². The molecule has 0 saturated carbocycles. The molecule has 0 spiro atoms. The third-order valence-corrected chi connectivity index (χ3v) is 17.4. The number of imidazole rings is 1. The third kappa shape index (κ3) is 30.1. The van der Waals surface area contributed by atoms with Crippen LogP contribution in [0, 0.1) is 5.92 Å². The Balaban J connectivity index is 0.000000304. The van der Waals surface area contributed by atoms with Gasteiger partial charge in [0.1, 0.15) is 0 Å². The van der Waals surface area contributed by atoms with Crippen LogP contribution in [0.4, 0.5) is 0 Å². The van der Waals surface area contributed by atoms with Crippen molar-refractivity contribution in [2.45, 2.75) is 275 Å². The van der Waals surface area contributed by atoms with Crippen LogP contribution in [0.5, 0.6) is 0 Å². The Morgan fingerprint density at radius 1 is 0.395 bits per heavy atom. The van der Waals surface area contributed by atoms with Crippen LogP contribution >= 0.6 is 0 Å². The highest BCUT2D eigenvalue weighted by Crippen LogP contribution is 2.25. The standard InChI is InChI=1S/C10H17N3.C10H21N.2C9H20N2.3C9H19N/c1-10(2,3)13-5-4-8-9(6-13)12-7-11-8;1-9-5-7-11(8-6-9)10(2,3)4;1-9(2,3)11-7-5-10(4)6-8-11;1-9(2)11-6-4-5-10(3)7-8-11;2*1-9(2,3)10-7-5-4-6-8-10;1-9(2)10-7-5-3-4-6-8-10/h7H,4-6H2,1-3H3,(H,11,12);9H,5-8H2,1-4H3;5-8H2,1-4H3;9H,4-8H2,1-3H3;2*4-8H2,1-3H3;9H,3-8H2,1-2H3. The van der Waals surface area contributed by atoms with Crippen LogP contribution in [-0.4, -0.2) is 219 Å². The van der Waals surface area contributed by atoms with E-state index >= 15 is 0 Å². The molecule has 0 aliphatic carbocycles. The van der Waals surface area contributed by atoms with E-state index in [1.54, 1.807) is 6.33 Å². The molecule has 0 radical (unpaired) electrons. The Bertz CT molecular complexity index is 1490. The van der Waals surface area contributed by atoms with Crippen LogP contribution in [-0.2, 0) is 13.0 Å². The second kappa shape index (κ2) is 35.0. The molecule has 0 aromatic carbocycles. The number of piperidine rings is 3. The summed E-state index contributed by atoms with van der Waals surface area (Å²) in [5.41, 5.74) is 4.37. The molecule has 0 atom stereocenters. The largest absolute Gasteiger partial charge is 0.347 e. The van der Waals surface area contributed by atoms with Gasteiger partial charge in [-0.15, -0.1) is 0 Å². The lowest BCUT2D eigenvalue weighted by Gasteiger charge is -2.41. The average Bonchev–Trinajstić information content (AvgIpc) is 3.48. The molecule has 0 bridgehead atoms.